The summed E-state index contributed by atoms with van der Waals surface area (Å²) in [6, 6.07) is 3.99. The zero-order valence-corrected chi connectivity index (χ0v) is 10.3. The van der Waals surface area contributed by atoms with Gasteiger partial charge in [-0.2, -0.15) is 0 Å². The lowest BCUT2D eigenvalue weighted by Crippen LogP contribution is -2.50. The van der Waals surface area contributed by atoms with Gasteiger partial charge in [0.25, 0.3) is 0 Å². The van der Waals surface area contributed by atoms with Crippen LogP contribution in [0.2, 0.25) is 5.02 Å². The molecule has 1 atom stereocenters. The summed E-state index contributed by atoms with van der Waals surface area (Å²) in [5.74, 6) is -1.04. The number of imide groups is 1. The zero-order chi connectivity index (χ0) is 13.1. The van der Waals surface area contributed by atoms with E-state index in [2.05, 4.69) is 10.6 Å². The zero-order valence-electron chi connectivity index (χ0n) is 9.50. The van der Waals surface area contributed by atoms with Crippen molar-refractivity contribution in [1.82, 2.24) is 10.6 Å². The van der Waals surface area contributed by atoms with Crippen molar-refractivity contribution in [1.29, 1.82) is 0 Å². The van der Waals surface area contributed by atoms with E-state index in [1.807, 2.05) is 0 Å². The maximum atomic E-state index is 12.9. The lowest BCUT2D eigenvalue weighted by molar-refractivity contribution is -0.134. The van der Waals surface area contributed by atoms with Crippen molar-refractivity contribution in [2.75, 3.05) is 0 Å². The summed E-state index contributed by atoms with van der Waals surface area (Å²) in [5.41, 5.74) is 0.783. The molecule has 0 spiro atoms. The Morgan fingerprint density at radius 1 is 1.44 bits per heavy atom. The molecule has 18 heavy (non-hydrogen) atoms. The van der Waals surface area contributed by atoms with E-state index in [1.165, 1.54) is 12.1 Å². The van der Waals surface area contributed by atoms with Gasteiger partial charge in [-0.15, -0.1) is 0 Å². The van der Waals surface area contributed by atoms with Crippen LogP contribution in [0.15, 0.2) is 18.2 Å². The van der Waals surface area contributed by atoms with Crippen LogP contribution in [0, 0.1) is 5.82 Å². The summed E-state index contributed by atoms with van der Waals surface area (Å²) in [6.07, 6.45) is 0.799. The first-order chi connectivity index (χ1) is 8.56. The normalized spacial score (nSPS) is 19.8. The van der Waals surface area contributed by atoms with Gasteiger partial charge in [0.05, 0.1) is 11.1 Å². The molecule has 1 saturated heterocycles. The molecular formula is C12H12ClFN2O2. The molecule has 1 aromatic carbocycles. The van der Waals surface area contributed by atoms with Gasteiger partial charge in [0.1, 0.15) is 5.82 Å². The van der Waals surface area contributed by atoms with E-state index < -0.39 is 11.9 Å². The van der Waals surface area contributed by atoms with Crippen LogP contribution in [-0.2, 0) is 16.1 Å². The fourth-order valence-electron chi connectivity index (χ4n) is 1.78. The van der Waals surface area contributed by atoms with E-state index in [-0.39, 0.29) is 16.8 Å². The average molecular weight is 271 g/mol. The van der Waals surface area contributed by atoms with Crippen molar-refractivity contribution >= 4 is 23.4 Å². The summed E-state index contributed by atoms with van der Waals surface area (Å²) in [4.78, 5) is 22.4. The smallest absolute Gasteiger partial charge is 0.243 e. The van der Waals surface area contributed by atoms with Crippen LogP contribution in [0.3, 0.4) is 0 Å². The van der Waals surface area contributed by atoms with Crippen LogP contribution >= 0.6 is 11.6 Å². The molecule has 0 aliphatic carbocycles. The number of halogens is 2. The molecule has 2 rings (SSSR count). The summed E-state index contributed by atoms with van der Waals surface area (Å²) < 4.78 is 12.9. The predicted octanol–water partition coefficient (Wildman–Crippen LogP) is 1.37. The van der Waals surface area contributed by atoms with Crippen molar-refractivity contribution in [3.8, 4) is 0 Å². The molecule has 1 aliphatic heterocycles. The SMILES string of the molecule is O=C1CCC(NCc2ccc(F)c(Cl)c2)C(=O)N1. The first kappa shape index (κ1) is 13.0. The molecule has 0 radical (unpaired) electrons. The fraction of sp³-hybridized carbons (Fsp3) is 0.333. The van der Waals surface area contributed by atoms with Gasteiger partial charge < -0.3 is 5.32 Å². The first-order valence-electron chi connectivity index (χ1n) is 5.57. The van der Waals surface area contributed by atoms with Crippen LogP contribution in [0.4, 0.5) is 4.39 Å². The van der Waals surface area contributed by atoms with Gasteiger partial charge in [-0.05, 0) is 24.1 Å². The lowest BCUT2D eigenvalue weighted by Gasteiger charge is -2.21. The third kappa shape index (κ3) is 3.05. The molecule has 1 unspecified atom stereocenters. The van der Waals surface area contributed by atoms with Gasteiger partial charge in [0.15, 0.2) is 0 Å². The highest BCUT2D eigenvalue weighted by Gasteiger charge is 2.25. The highest BCUT2D eigenvalue weighted by Crippen LogP contribution is 2.16. The molecule has 0 saturated carbocycles. The highest BCUT2D eigenvalue weighted by molar-refractivity contribution is 6.30. The third-order valence-electron chi connectivity index (χ3n) is 2.78. The minimum atomic E-state index is -0.471. The Morgan fingerprint density at radius 2 is 2.22 bits per heavy atom. The predicted molar refractivity (Wildman–Crippen MR) is 64.4 cm³/mol. The Balaban J connectivity index is 1.93. The topological polar surface area (TPSA) is 58.2 Å². The number of amides is 2. The van der Waals surface area contributed by atoms with Gasteiger partial charge >= 0.3 is 0 Å². The number of rotatable bonds is 3. The second-order valence-corrected chi connectivity index (χ2v) is 4.54. The average Bonchev–Trinajstić information content (AvgIpc) is 2.32. The van der Waals surface area contributed by atoms with Crippen molar-refractivity contribution < 1.29 is 14.0 Å². The number of benzene rings is 1. The van der Waals surface area contributed by atoms with E-state index in [4.69, 9.17) is 11.6 Å². The van der Waals surface area contributed by atoms with E-state index in [1.54, 1.807) is 6.07 Å². The first-order valence-corrected chi connectivity index (χ1v) is 5.95. The second-order valence-electron chi connectivity index (χ2n) is 4.13. The fourth-order valence-corrected chi connectivity index (χ4v) is 1.98. The number of carbonyl (C=O) groups is 2. The standard InChI is InChI=1S/C12H12ClFN2O2/c13-8-5-7(1-2-9(8)14)6-15-10-3-4-11(17)16-12(10)18/h1-2,5,10,15H,3-4,6H2,(H,16,17,18). The Bertz CT molecular complexity index is 493. The van der Waals surface area contributed by atoms with Crippen molar-refractivity contribution in [3.63, 3.8) is 0 Å². The maximum absolute atomic E-state index is 12.9. The number of nitrogens with one attached hydrogen (secondary N) is 2. The summed E-state index contributed by atoms with van der Waals surface area (Å²) in [7, 11) is 0. The molecule has 1 aliphatic rings. The molecule has 6 heteroatoms. The van der Waals surface area contributed by atoms with Crippen LogP contribution in [-0.4, -0.2) is 17.9 Å². The van der Waals surface area contributed by atoms with E-state index in [0.717, 1.165) is 5.56 Å². The van der Waals surface area contributed by atoms with E-state index in [9.17, 15) is 14.0 Å². The van der Waals surface area contributed by atoms with Crippen molar-refractivity contribution in [2.45, 2.75) is 25.4 Å². The number of hydrogen-bond acceptors (Lipinski definition) is 3. The highest BCUT2D eigenvalue weighted by atomic mass is 35.5. The molecule has 2 N–H and O–H groups in total. The molecule has 0 bridgehead atoms. The van der Waals surface area contributed by atoms with Crippen molar-refractivity contribution in [2.24, 2.45) is 0 Å². The molecule has 96 valence electrons. The van der Waals surface area contributed by atoms with Gasteiger partial charge in [0, 0.05) is 13.0 Å². The summed E-state index contributed by atoms with van der Waals surface area (Å²) >= 11 is 5.66. The van der Waals surface area contributed by atoms with Gasteiger partial charge in [0.2, 0.25) is 11.8 Å². The molecule has 4 nitrogen and oxygen atoms in total. The molecular weight excluding hydrogens is 259 g/mol. The second kappa shape index (κ2) is 5.46. The van der Waals surface area contributed by atoms with Gasteiger partial charge in [-0.1, -0.05) is 17.7 Å². The number of hydrogen-bond donors (Lipinski definition) is 2. The number of piperidine rings is 1. The number of carbonyl (C=O) groups excluding carboxylic acids is 2. The van der Waals surface area contributed by atoms with Gasteiger partial charge in [-0.3, -0.25) is 14.9 Å². The van der Waals surface area contributed by atoms with E-state index >= 15 is 0 Å². The Hall–Kier alpha value is -1.46. The Labute approximate surface area is 109 Å². The van der Waals surface area contributed by atoms with Crippen LogP contribution in [0.25, 0.3) is 0 Å². The summed E-state index contributed by atoms with van der Waals surface area (Å²) in [5, 5.41) is 5.32. The Morgan fingerprint density at radius 3 is 2.89 bits per heavy atom. The third-order valence-corrected chi connectivity index (χ3v) is 3.07. The van der Waals surface area contributed by atoms with Crippen molar-refractivity contribution in [3.05, 3.63) is 34.6 Å². The molecule has 0 aromatic heterocycles. The lowest BCUT2D eigenvalue weighted by atomic mass is 10.1. The van der Waals surface area contributed by atoms with E-state index in [0.29, 0.717) is 19.4 Å². The van der Waals surface area contributed by atoms with Gasteiger partial charge in [-0.25, -0.2) is 4.39 Å². The molecule has 1 heterocycles. The van der Waals surface area contributed by atoms with Crippen LogP contribution in [0.1, 0.15) is 18.4 Å². The molecule has 1 fully saturated rings. The quantitative estimate of drug-likeness (QED) is 0.816. The molecule has 2 amide bonds. The monoisotopic (exact) mass is 270 g/mol. The maximum Gasteiger partial charge on any atom is 0.243 e. The minimum absolute atomic E-state index is 0.0533. The van der Waals surface area contributed by atoms with Crippen LogP contribution < -0.4 is 10.6 Å². The molecule has 1 aromatic rings. The Kier molecular flexibility index (Phi) is 3.93. The largest absolute Gasteiger partial charge is 0.302 e. The van der Waals surface area contributed by atoms with Crippen LogP contribution in [0.5, 0.6) is 0 Å². The summed E-state index contributed by atoms with van der Waals surface area (Å²) in [6.45, 7) is 0.395. The minimum Gasteiger partial charge on any atom is -0.302 e.